The van der Waals surface area contributed by atoms with Crippen molar-refractivity contribution < 1.29 is 0 Å². The van der Waals surface area contributed by atoms with E-state index >= 15 is 0 Å². The highest BCUT2D eigenvalue weighted by Crippen LogP contribution is 2.17. The van der Waals surface area contributed by atoms with E-state index in [0.29, 0.717) is 6.04 Å². The topological polar surface area (TPSA) is 44.3 Å². The Labute approximate surface area is 122 Å². The normalized spacial score (nSPS) is 20.4. The number of nitrogens with one attached hydrogen (secondary N) is 1. The van der Waals surface area contributed by atoms with Gasteiger partial charge in [0.2, 0.25) is 5.95 Å². The minimum Gasteiger partial charge on any atom is -0.338 e. The van der Waals surface area contributed by atoms with Crippen LogP contribution in [0.1, 0.15) is 31.5 Å². The zero-order valence-corrected chi connectivity index (χ0v) is 13.2. The van der Waals surface area contributed by atoms with Crippen molar-refractivity contribution in [2.24, 2.45) is 0 Å². The molecule has 5 heteroatoms. The van der Waals surface area contributed by atoms with E-state index in [-0.39, 0.29) is 0 Å². The molecule has 1 saturated heterocycles. The molecular formula is C15H27N5. The standard InChI is InChI=1S/C15H27N5/c1-5-14-11-20(8-7-19(14)4)15-17-10-13(9-16-6-2)12(3)18-15/h10,14,16H,5-9,11H2,1-4H3. The van der Waals surface area contributed by atoms with Crippen LogP contribution in [-0.4, -0.2) is 54.1 Å². The SMILES string of the molecule is CCNCc1cnc(N2CCN(C)C(CC)C2)nc1C. The van der Waals surface area contributed by atoms with E-state index in [0.717, 1.165) is 44.4 Å². The third-order valence-corrected chi connectivity index (χ3v) is 4.16. The summed E-state index contributed by atoms with van der Waals surface area (Å²) in [6.07, 6.45) is 3.14. The van der Waals surface area contributed by atoms with E-state index in [1.807, 2.05) is 6.20 Å². The first kappa shape index (κ1) is 15.2. The van der Waals surface area contributed by atoms with Gasteiger partial charge in [0, 0.05) is 49.7 Å². The molecule has 1 aromatic heterocycles. The molecule has 5 nitrogen and oxygen atoms in total. The minimum absolute atomic E-state index is 0.606. The number of likely N-dealkylation sites (N-methyl/N-ethyl adjacent to an activating group) is 1. The van der Waals surface area contributed by atoms with Crippen molar-refractivity contribution in [1.82, 2.24) is 20.2 Å². The number of hydrogen-bond acceptors (Lipinski definition) is 5. The third-order valence-electron chi connectivity index (χ3n) is 4.16. The van der Waals surface area contributed by atoms with E-state index in [1.54, 1.807) is 0 Å². The fourth-order valence-electron chi connectivity index (χ4n) is 2.63. The van der Waals surface area contributed by atoms with Crippen LogP contribution in [0.25, 0.3) is 0 Å². The van der Waals surface area contributed by atoms with Crippen molar-refractivity contribution in [2.75, 3.05) is 38.1 Å². The highest BCUT2D eigenvalue weighted by molar-refractivity contribution is 5.34. The van der Waals surface area contributed by atoms with Gasteiger partial charge in [-0.15, -0.1) is 0 Å². The van der Waals surface area contributed by atoms with Crippen LogP contribution in [0.15, 0.2) is 6.20 Å². The number of rotatable bonds is 5. The Morgan fingerprint density at radius 3 is 2.80 bits per heavy atom. The van der Waals surface area contributed by atoms with Crippen LogP contribution in [0.4, 0.5) is 5.95 Å². The molecule has 0 radical (unpaired) electrons. The summed E-state index contributed by atoms with van der Waals surface area (Å²) in [5.74, 6) is 0.884. The fourth-order valence-corrected chi connectivity index (χ4v) is 2.63. The summed E-state index contributed by atoms with van der Waals surface area (Å²) in [6, 6.07) is 0.606. The Balaban J connectivity index is 2.07. The Morgan fingerprint density at radius 1 is 1.35 bits per heavy atom. The summed E-state index contributed by atoms with van der Waals surface area (Å²) >= 11 is 0. The molecule has 0 amide bonds. The molecule has 112 valence electrons. The van der Waals surface area contributed by atoms with Crippen LogP contribution in [-0.2, 0) is 6.54 Å². The second kappa shape index (κ2) is 6.99. The molecule has 1 atom stereocenters. The molecule has 1 unspecified atom stereocenters. The maximum Gasteiger partial charge on any atom is 0.225 e. The number of nitrogens with zero attached hydrogens (tertiary/aromatic N) is 4. The number of anilines is 1. The summed E-state index contributed by atoms with van der Waals surface area (Å²) in [6.45, 7) is 11.4. The molecule has 2 rings (SSSR count). The predicted molar refractivity (Wildman–Crippen MR) is 83.1 cm³/mol. The smallest absolute Gasteiger partial charge is 0.225 e. The maximum absolute atomic E-state index is 4.70. The number of hydrogen-bond donors (Lipinski definition) is 1. The molecular weight excluding hydrogens is 250 g/mol. The fraction of sp³-hybridized carbons (Fsp3) is 0.733. The van der Waals surface area contributed by atoms with Gasteiger partial charge < -0.3 is 10.2 Å². The van der Waals surface area contributed by atoms with E-state index in [9.17, 15) is 0 Å². The molecule has 20 heavy (non-hydrogen) atoms. The lowest BCUT2D eigenvalue weighted by Gasteiger charge is -2.39. The molecule has 1 aliphatic heterocycles. The van der Waals surface area contributed by atoms with E-state index in [1.165, 1.54) is 12.0 Å². The van der Waals surface area contributed by atoms with Crippen molar-refractivity contribution in [1.29, 1.82) is 0 Å². The van der Waals surface area contributed by atoms with Crippen LogP contribution in [0.2, 0.25) is 0 Å². The van der Waals surface area contributed by atoms with Crippen molar-refractivity contribution in [3.8, 4) is 0 Å². The van der Waals surface area contributed by atoms with Gasteiger partial charge in [-0.1, -0.05) is 13.8 Å². The molecule has 1 aliphatic rings. The summed E-state index contributed by atoms with van der Waals surface area (Å²) < 4.78 is 0. The highest BCUT2D eigenvalue weighted by atomic mass is 15.3. The molecule has 1 aromatic rings. The zero-order valence-electron chi connectivity index (χ0n) is 13.2. The zero-order chi connectivity index (χ0) is 14.5. The van der Waals surface area contributed by atoms with E-state index in [2.05, 4.69) is 47.9 Å². The minimum atomic E-state index is 0.606. The quantitative estimate of drug-likeness (QED) is 0.882. The maximum atomic E-state index is 4.70. The molecule has 0 aromatic carbocycles. The van der Waals surface area contributed by atoms with Gasteiger partial charge in [0.05, 0.1) is 0 Å². The van der Waals surface area contributed by atoms with Gasteiger partial charge in [-0.2, -0.15) is 0 Å². The van der Waals surface area contributed by atoms with Crippen LogP contribution >= 0.6 is 0 Å². The van der Waals surface area contributed by atoms with Crippen LogP contribution < -0.4 is 10.2 Å². The molecule has 1 fully saturated rings. The Kier molecular flexibility index (Phi) is 5.31. The van der Waals surface area contributed by atoms with Crippen molar-refractivity contribution in [2.45, 2.75) is 39.8 Å². The highest BCUT2D eigenvalue weighted by Gasteiger charge is 2.24. The van der Waals surface area contributed by atoms with E-state index < -0.39 is 0 Å². The summed E-state index contributed by atoms with van der Waals surface area (Å²) in [5, 5.41) is 3.33. The lowest BCUT2D eigenvalue weighted by atomic mass is 10.1. The van der Waals surface area contributed by atoms with Crippen molar-refractivity contribution in [3.05, 3.63) is 17.5 Å². The predicted octanol–water partition coefficient (Wildman–Crippen LogP) is 1.42. The van der Waals surface area contributed by atoms with Gasteiger partial charge in [0.15, 0.2) is 0 Å². The van der Waals surface area contributed by atoms with Gasteiger partial charge in [0.25, 0.3) is 0 Å². The van der Waals surface area contributed by atoms with Gasteiger partial charge in [-0.25, -0.2) is 9.97 Å². The Hall–Kier alpha value is -1.20. The summed E-state index contributed by atoms with van der Waals surface area (Å²) in [7, 11) is 2.21. The molecule has 2 heterocycles. The van der Waals surface area contributed by atoms with Gasteiger partial charge in [0.1, 0.15) is 0 Å². The molecule has 1 N–H and O–H groups in total. The van der Waals surface area contributed by atoms with E-state index in [4.69, 9.17) is 4.98 Å². The van der Waals surface area contributed by atoms with Crippen LogP contribution in [0.5, 0.6) is 0 Å². The average Bonchev–Trinajstić information content (AvgIpc) is 2.46. The Morgan fingerprint density at radius 2 is 2.15 bits per heavy atom. The van der Waals surface area contributed by atoms with Crippen LogP contribution in [0, 0.1) is 6.92 Å². The van der Waals surface area contributed by atoms with Crippen molar-refractivity contribution in [3.63, 3.8) is 0 Å². The largest absolute Gasteiger partial charge is 0.338 e. The lowest BCUT2D eigenvalue weighted by molar-refractivity contribution is 0.212. The summed E-state index contributed by atoms with van der Waals surface area (Å²) in [4.78, 5) is 14.0. The van der Waals surface area contributed by atoms with Gasteiger partial charge in [-0.05, 0) is 26.9 Å². The average molecular weight is 277 g/mol. The van der Waals surface area contributed by atoms with Gasteiger partial charge in [-0.3, -0.25) is 4.90 Å². The molecule has 0 saturated carbocycles. The molecule has 0 bridgehead atoms. The first-order valence-corrected chi connectivity index (χ1v) is 7.64. The Bertz CT molecular complexity index is 434. The second-order valence-electron chi connectivity index (χ2n) is 5.55. The van der Waals surface area contributed by atoms with Crippen molar-refractivity contribution >= 4 is 5.95 Å². The number of aromatic nitrogens is 2. The lowest BCUT2D eigenvalue weighted by Crippen LogP contribution is -2.51. The van der Waals surface area contributed by atoms with Crippen LogP contribution in [0.3, 0.4) is 0 Å². The summed E-state index contributed by atoms with van der Waals surface area (Å²) in [5.41, 5.74) is 2.28. The van der Waals surface area contributed by atoms with Gasteiger partial charge >= 0.3 is 0 Å². The first-order valence-electron chi connectivity index (χ1n) is 7.64. The third kappa shape index (κ3) is 3.46. The number of aryl methyl sites for hydroxylation is 1. The monoisotopic (exact) mass is 277 g/mol. The molecule has 0 aliphatic carbocycles. The molecule has 0 spiro atoms. The second-order valence-corrected chi connectivity index (χ2v) is 5.55. The first-order chi connectivity index (χ1) is 9.65. The number of piperazine rings is 1.